The van der Waals surface area contributed by atoms with Crippen molar-refractivity contribution in [3.8, 4) is 0 Å². The molecule has 0 aliphatic heterocycles. The van der Waals surface area contributed by atoms with Gasteiger partial charge in [-0.25, -0.2) is 0 Å². The number of thioether (sulfide) groups is 1. The molecular weight excluding hydrogens is 283 g/mol. The Morgan fingerprint density at radius 1 is 1.10 bits per heavy atom. The number of hydrogen-bond acceptors (Lipinski definition) is 2. The molecule has 1 aliphatic rings. The Morgan fingerprint density at radius 3 is 2.30 bits per heavy atom. The lowest BCUT2D eigenvalue weighted by Crippen LogP contribution is -2.32. The Kier molecular flexibility index (Phi) is 4.89. The van der Waals surface area contributed by atoms with Gasteiger partial charge in [-0.3, -0.25) is 0 Å². The fraction of sp³-hybridized carbons (Fsp3) is 0.600. The van der Waals surface area contributed by atoms with E-state index in [1.54, 1.807) is 12.1 Å². The molecule has 0 saturated heterocycles. The Hall–Kier alpha value is -0.840. The van der Waals surface area contributed by atoms with Crippen LogP contribution in [0.4, 0.5) is 18.9 Å². The minimum atomic E-state index is -4.22. The molecule has 0 radical (unpaired) electrons. The lowest BCUT2D eigenvalue weighted by atomic mass is 9.80. The van der Waals surface area contributed by atoms with Gasteiger partial charge in [0.2, 0.25) is 0 Å². The molecule has 3 unspecified atom stereocenters. The van der Waals surface area contributed by atoms with Crippen LogP contribution in [0.1, 0.15) is 33.1 Å². The van der Waals surface area contributed by atoms with Crippen molar-refractivity contribution in [2.45, 2.75) is 49.6 Å². The molecule has 0 heterocycles. The summed E-state index contributed by atoms with van der Waals surface area (Å²) >= 11 is -0.0714. The first-order chi connectivity index (χ1) is 9.33. The van der Waals surface area contributed by atoms with E-state index >= 15 is 0 Å². The highest BCUT2D eigenvalue weighted by molar-refractivity contribution is 8.00. The normalized spacial score (nSPS) is 27.4. The largest absolute Gasteiger partial charge is 0.446 e. The molecule has 1 aliphatic carbocycles. The van der Waals surface area contributed by atoms with E-state index in [1.807, 2.05) is 0 Å². The molecule has 1 N–H and O–H groups in total. The Bertz CT molecular complexity index is 430. The van der Waals surface area contributed by atoms with Crippen molar-refractivity contribution in [3.63, 3.8) is 0 Å². The third-order valence-corrected chi connectivity index (χ3v) is 4.61. The standard InChI is InChI=1S/C15H20F3NS/c1-10-3-8-14(11(2)9-10)19-12-4-6-13(7-5-12)20-15(16,17)18/h4-7,10-11,14,19H,3,8-9H2,1-2H3. The van der Waals surface area contributed by atoms with Crippen molar-refractivity contribution in [1.82, 2.24) is 0 Å². The molecule has 0 bridgehead atoms. The number of rotatable bonds is 3. The van der Waals surface area contributed by atoms with E-state index in [-0.39, 0.29) is 16.7 Å². The van der Waals surface area contributed by atoms with Gasteiger partial charge in [0.25, 0.3) is 0 Å². The van der Waals surface area contributed by atoms with E-state index in [0.29, 0.717) is 12.0 Å². The van der Waals surface area contributed by atoms with E-state index in [0.717, 1.165) is 18.0 Å². The summed E-state index contributed by atoms with van der Waals surface area (Å²) in [5.41, 5.74) is -3.31. The average molecular weight is 303 g/mol. The molecule has 1 aromatic rings. The molecular formula is C15H20F3NS. The minimum absolute atomic E-state index is 0.0714. The van der Waals surface area contributed by atoms with Crippen LogP contribution in [0.2, 0.25) is 0 Å². The van der Waals surface area contributed by atoms with Gasteiger partial charge in [-0.1, -0.05) is 13.8 Å². The molecule has 1 saturated carbocycles. The fourth-order valence-electron chi connectivity index (χ4n) is 2.85. The van der Waals surface area contributed by atoms with Crippen LogP contribution < -0.4 is 5.32 Å². The number of halogens is 3. The van der Waals surface area contributed by atoms with Crippen molar-refractivity contribution in [1.29, 1.82) is 0 Å². The summed E-state index contributed by atoms with van der Waals surface area (Å²) in [5, 5.41) is 3.45. The maximum Gasteiger partial charge on any atom is 0.446 e. The molecule has 3 atom stereocenters. The molecule has 112 valence electrons. The van der Waals surface area contributed by atoms with Gasteiger partial charge in [-0.05, 0) is 67.1 Å². The van der Waals surface area contributed by atoms with Crippen LogP contribution in [0.25, 0.3) is 0 Å². The quantitative estimate of drug-likeness (QED) is 0.736. The first kappa shape index (κ1) is 15.5. The van der Waals surface area contributed by atoms with Crippen molar-refractivity contribution >= 4 is 17.4 Å². The van der Waals surface area contributed by atoms with Crippen LogP contribution >= 0.6 is 11.8 Å². The molecule has 1 nitrogen and oxygen atoms in total. The highest BCUT2D eigenvalue weighted by atomic mass is 32.2. The molecule has 0 spiro atoms. The second kappa shape index (κ2) is 6.29. The first-order valence-corrected chi connectivity index (χ1v) is 7.77. The SMILES string of the molecule is CC1CCC(Nc2ccc(SC(F)(F)F)cc2)C(C)C1. The third kappa shape index (κ3) is 4.62. The second-order valence-corrected chi connectivity index (χ2v) is 6.86. The zero-order valence-electron chi connectivity index (χ0n) is 11.7. The Morgan fingerprint density at radius 2 is 1.75 bits per heavy atom. The number of alkyl halides is 3. The zero-order valence-corrected chi connectivity index (χ0v) is 12.5. The van der Waals surface area contributed by atoms with Crippen LogP contribution in [0, 0.1) is 11.8 Å². The van der Waals surface area contributed by atoms with E-state index in [1.165, 1.54) is 25.0 Å². The lowest BCUT2D eigenvalue weighted by Gasteiger charge is -2.33. The van der Waals surface area contributed by atoms with Gasteiger partial charge in [0, 0.05) is 16.6 Å². The third-order valence-electron chi connectivity index (χ3n) is 3.87. The number of nitrogens with one attached hydrogen (secondary N) is 1. The van der Waals surface area contributed by atoms with Crippen molar-refractivity contribution in [2.75, 3.05) is 5.32 Å². The highest BCUT2D eigenvalue weighted by Gasteiger charge is 2.29. The second-order valence-electron chi connectivity index (χ2n) is 5.72. The fourth-order valence-corrected chi connectivity index (χ4v) is 3.39. The average Bonchev–Trinajstić information content (AvgIpc) is 2.33. The van der Waals surface area contributed by atoms with Crippen molar-refractivity contribution in [3.05, 3.63) is 24.3 Å². The summed E-state index contributed by atoms with van der Waals surface area (Å²) in [6.45, 7) is 4.51. The number of hydrogen-bond donors (Lipinski definition) is 1. The summed E-state index contributed by atoms with van der Waals surface area (Å²) in [5.74, 6) is 1.37. The van der Waals surface area contributed by atoms with Crippen molar-refractivity contribution < 1.29 is 13.2 Å². The van der Waals surface area contributed by atoms with Gasteiger partial charge in [0.15, 0.2) is 0 Å². The minimum Gasteiger partial charge on any atom is -0.382 e. The lowest BCUT2D eigenvalue weighted by molar-refractivity contribution is -0.0328. The smallest absolute Gasteiger partial charge is 0.382 e. The number of anilines is 1. The van der Waals surface area contributed by atoms with E-state index in [2.05, 4.69) is 19.2 Å². The first-order valence-electron chi connectivity index (χ1n) is 6.96. The predicted octanol–water partition coefficient (Wildman–Crippen LogP) is 5.54. The zero-order chi connectivity index (χ0) is 14.8. The highest BCUT2D eigenvalue weighted by Crippen LogP contribution is 2.37. The van der Waals surface area contributed by atoms with Crippen LogP contribution in [0.3, 0.4) is 0 Å². The van der Waals surface area contributed by atoms with Crippen LogP contribution in [-0.2, 0) is 0 Å². The summed E-state index contributed by atoms with van der Waals surface area (Å²) in [6, 6.07) is 6.94. The van der Waals surface area contributed by atoms with Gasteiger partial charge in [0.05, 0.1) is 0 Å². The Balaban J connectivity index is 1.94. The summed E-state index contributed by atoms with van der Waals surface area (Å²) in [6.07, 6.45) is 3.55. The van der Waals surface area contributed by atoms with Gasteiger partial charge in [-0.2, -0.15) is 13.2 Å². The molecule has 0 amide bonds. The molecule has 1 aromatic carbocycles. The summed E-state index contributed by atoms with van der Waals surface area (Å²) in [4.78, 5) is 0.230. The topological polar surface area (TPSA) is 12.0 Å². The van der Waals surface area contributed by atoms with Gasteiger partial charge >= 0.3 is 5.51 Å². The molecule has 2 rings (SSSR count). The summed E-state index contributed by atoms with van der Waals surface area (Å²) < 4.78 is 36.7. The number of benzene rings is 1. The van der Waals surface area contributed by atoms with E-state index in [9.17, 15) is 13.2 Å². The van der Waals surface area contributed by atoms with Crippen LogP contribution in [0.5, 0.6) is 0 Å². The maximum absolute atomic E-state index is 12.2. The van der Waals surface area contributed by atoms with Crippen LogP contribution in [0.15, 0.2) is 29.2 Å². The van der Waals surface area contributed by atoms with Gasteiger partial charge in [0.1, 0.15) is 0 Å². The molecule has 1 fully saturated rings. The maximum atomic E-state index is 12.2. The molecule has 0 aromatic heterocycles. The van der Waals surface area contributed by atoms with Gasteiger partial charge < -0.3 is 5.32 Å². The summed E-state index contributed by atoms with van der Waals surface area (Å²) in [7, 11) is 0. The predicted molar refractivity (Wildman–Crippen MR) is 77.9 cm³/mol. The van der Waals surface area contributed by atoms with E-state index in [4.69, 9.17) is 0 Å². The molecule has 20 heavy (non-hydrogen) atoms. The van der Waals surface area contributed by atoms with Gasteiger partial charge in [-0.15, -0.1) is 0 Å². The van der Waals surface area contributed by atoms with Crippen LogP contribution in [-0.4, -0.2) is 11.6 Å². The van der Waals surface area contributed by atoms with E-state index < -0.39 is 5.51 Å². The molecule has 5 heteroatoms. The van der Waals surface area contributed by atoms with Crippen molar-refractivity contribution in [2.24, 2.45) is 11.8 Å². The Labute approximate surface area is 122 Å². The monoisotopic (exact) mass is 303 g/mol.